The molecule has 17 heavy (non-hydrogen) atoms. The molecule has 0 bridgehead atoms. The van der Waals surface area contributed by atoms with Crippen molar-refractivity contribution in [2.45, 2.75) is 24.9 Å². The summed E-state index contributed by atoms with van der Waals surface area (Å²) in [5, 5.41) is 7.17. The lowest BCUT2D eigenvalue weighted by atomic mass is 9.74. The molecule has 3 heteroatoms. The van der Waals surface area contributed by atoms with Crippen LogP contribution in [0.1, 0.15) is 24.4 Å². The Kier molecular flexibility index (Phi) is 2.90. The summed E-state index contributed by atoms with van der Waals surface area (Å²) in [6, 6.07) is 9.53. The second-order valence-electron chi connectivity index (χ2n) is 4.95. The summed E-state index contributed by atoms with van der Waals surface area (Å²) in [6.45, 7) is 0. The van der Waals surface area contributed by atoms with Gasteiger partial charge in [-0.2, -0.15) is 0 Å². The zero-order chi connectivity index (χ0) is 11.8. The Balaban J connectivity index is 1.96. The second-order valence-corrected chi connectivity index (χ2v) is 5.86. The van der Waals surface area contributed by atoms with Crippen molar-refractivity contribution in [3.05, 3.63) is 35.2 Å². The van der Waals surface area contributed by atoms with E-state index < -0.39 is 0 Å². The Hall–Kier alpha value is -0.900. The van der Waals surface area contributed by atoms with Gasteiger partial charge in [0.25, 0.3) is 0 Å². The first-order valence-corrected chi connectivity index (χ1v) is 7.06. The highest BCUT2D eigenvalue weighted by Crippen LogP contribution is 2.40. The molecule has 2 aromatic rings. The van der Waals surface area contributed by atoms with Gasteiger partial charge in [0, 0.05) is 16.8 Å². The van der Waals surface area contributed by atoms with Crippen LogP contribution in [0.25, 0.3) is 10.1 Å². The Morgan fingerprint density at radius 2 is 2.12 bits per heavy atom. The van der Waals surface area contributed by atoms with Gasteiger partial charge in [-0.05, 0) is 48.2 Å². The lowest BCUT2D eigenvalue weighted by Crippen LogP contribution is -2.42. The fraction of sp³-hybridized carbons (Fsp3) is 0.429. The molecule has 3 rings (SSSR count). The van der Waals surface area contributed by atoms with Gasteiger partial charge in [-0.15, -0.1) is 11.3 Å². The van der Waals surface area contributed by atoms with Gasteiger partial charge in [-0.1, -0.05) is 18.2 Å². The molecule has 0 aliphatic heterocycles. The van der Waals surface area contributed by atoms with Crippen LogP contribution in [0.2, 0.25) is 0 Å². The Bertz CT molecular complexity index is 514. The van der Waals surface area contributed by atoms with Gasteiger partial charge in [0.05, 0.1) is 0 Å². The van der Waals surface area contributed by atoms with Gasteiger partial charge in [0.1, 0.15) is 0 Å². The maximum atomic E-state index is 5.90. The normalized spacial score (nSPS) is 25.8. The minimum absolute atomic E-state index is 0.417. The van der Waals surface area contributed by atoms with Crippen molar-refractivity contribution in [2.75, 3.05) is 7.05 Å². The van der Waals surface area contributed by atoms with Crippen molar-refractivity contribution < 1.29 is 0 Å². The van der Waals surface area contributed by atoms with E-state index in [4.69, 9.17) is 5.73 Å². The summed E-state index contributed by atoms with van der Waals surface area (Å²) in [6.07, 6.45) is 2.30. The number of nitrogens with two attached hydrogens (primary N) is 1. The summed E-state index contributed by atoms with van der Waals surface area (Å²) < 4.78 is 1.38. The van der Waals surface area contributed by atoms with Crippen LogP contribution in [0.4, 0.5) is 0 Å². The molecule has 1 atom stereocenters. The topological polar surface area (TPSA) is 38.0 Å². The molecule has 0 radical (unpaired) electrons. The fourth-order valence-electron chi connectivity index (χ4n) is 2.87. The molecule has 2 nitrogen and oxygen atoms in total. The summed E-state index contributed by atoms with van der Waals surface area (Å²) in [4.78, 5) is 0. The van der Waals surface area contributed by atoms with Crippen molar-refractivity contribution >= 4 is 21.4 Å². The van der Waals surface area contributed by atoms with Crippen LogP contribution in [0, 0.1) is 5.92 Å². The largest absolute Gasteiger partial charge is 0.328 e. The SMILES string of the molecule is CNC(c1csc2ccccc12)C1CC(N)C1. The molecule has 1 aromatic carbocycles. The maximum Gasteiger partial charge on any atom is 0.0361 e. The van der Waals surface area contributed by atoms with E-state index in [1.165, 1.54) is 15.6 Å². The predicted molar refractivity (Wildman–Crippen MR) is 74.3 cm³/mol. The lowest BCUT2D eigenvalue weighted by Gasteiger charge is -2.38. The molecular formula is C14H18N2S. The third kappa shape index (κ3) is 1.88. The van der Waals surface area contributed by atoms with Crippen LogP contribution in [0.3, 0.4) is 0 Å². The number of thiophene rings is 1. The van der Waals surface area contributed by atoms with Gasteiger partial charge in [-0.3, -0.25) is 0 Å². The lowest BCUT2D eigenvalue weighted by molar-refractivity contribution is 0.205. The number of hydrogen-bond acceptors (Lipinski definition) is 3. The molecule has 1 saturated carbocycles. The maximum absolute atomic E-state index is 5.90. The van der Waals surface area contributed by atoms with Gasteiger partial charge in [0.2, 0.25) is 0 Å². The monoisotopic (exact) mass is 246 g/mol. The molecule has 1 aromatic heterocycles. The molecule has 0 amide bonds. The van der Waals surface area contributed by atoms with E-state index in [1.54, 1.807) is 0 Å². The van der Waals surface area contributed by atoms with Crippen molar-refractivity contribution in [1.82, 2.24) is 5.32 Å². The van der Waals surface area contributed by atoms with E-state index in [0.29, 0.717) is 18.0 Å². The average Bonchev–Trinajstić information content (AvgIpc) is 2.72. The molecule has 1 heterocycles. The van der Waals surface area contributed by atoms with E-state index in [1.807, 2.05) is 11.3 Å². The highest BCUT2D eigenvalue weighted by Gasteiger charge is 2.33. The minimum Gasteiger partial charge on any atom is -0.328 e. The van der Waals surface area contributed by atoms with E-state index in [2.05, 4.69) is 42.0 Å². The first-order chi connectivity index (χ1) is 8.29. The standard InChI is InChI=1S/C14H18N2S/c1-16-14(9-6-10(15)7-9)12-8-17-13-5-3-2-4-11(12)13/h2-5,8-10,14,16H,6-7,15H2,1H3. The smallest absolute Gasteiger partial charge is 0.0361 e. The van der Waals surface area contributed by atoms with Crippen LogP contribution in [0.15, 0.2) is 29.6 Å². The van der Waals surface area contributed by atoms with Crippen molar-refractivity contribution in [1.29, 1.82) is 0 Å². The first-order valence-electron chi connectivity index (χ1n) is 6.18. The quantitative estimate of drug-likeness (QED) is 0.874. The molecule has 0 spiro atoms. The van der Waals surface area contributed by atoms with Crippen molar-refractivity contribution in [3.8, 4) is 0 Å². The first kappa shape index (κ1) is 11.2. The Morgan fingerprint density at radius 1 is 1.35 bits per heavy atom. The Labute approximate surface area is 106 Å². The molecule has 3 N–H and O–H groups in total. The average molecular weight is 246 g/mol. The zero-order valence-corrected chi connectivity index (χ0v) is 10.8. The van der Waals surface area contributed by atoms with Gasteiger partial charge < -0.3 is 11.1 Å². The number of hydrogen-bond donors (Lipinski definition) is 2. The molecule has 1 unspecified atom stereocenters. The van der Waals surface area contributed by atoms with E-state index in [9.17, 15) is 0 Å². The van der Waals surface area contributed by atoms with E-state index in [-0.39, 0.29) is 0 Å². The molecule has 0 saturated heterocycles. The number of rotatable bonds is 3. The minimum atomic E-state index is 0.417. The van der Waals surface area contributed by atoms with E-state index in [0.717, 1.165) is 12.8 Å². The molecule has 1 fully saturated rings. The van der Waals surface area contributed by atoms with Crippen LogP contribution < -0.4 is 11.1 Å². The van der Waals surface area contributed by atoms with Crippen LogP contribution in [0.5, 0.6) is 0 Å². The predicted octanol–water partition coefficient (Wildman–Crippen LogP) is 2.90. The second kappa shape index (κ2) is 4.41. The van der Waals surface area contributed by atoms with Crippen LogP contribution in [-0.4, -0.2) is 13.1 Å². The van der Waals surface area contributed by atoms with Crippen molar-refractivity contribution in [2.24, 2.45) is 11.7 Å². The highest BCUT2D eigenvalue weighted by atomic mass is 32.1. The third-order valence-electron chi connectivity index (χ3n) is 3.84. The van der Waals surface area contributed by atoms with Crippen LogP contribution >= 0.6 is 11.3 Å². The van der Waals surface area contributed by atoms with Gasteiger partial charge in [0.15, 0.2) is 0 Å². The summed E-state index contributed by atoms with van der Waals surface area (Å²) >= 11 is 1.84. The highest BCUT2D eigenvalue weighted by molar-refractivity contribution is 7.17. The van der Waals surface area contributed by atoms with Gasteiger partial charge >= 0.3 is 0 Å². The summed E-state index contributed by atoms with van der Waals surface area (Å²) in [7, 11) is 2.06. The number of benzene rings is 1. The molecule has 1 aliphatic rings. The van der Waals surface area contributed by atoms with E-state index >= 15 is 0 Å². The third-order valence-corrected chi connectivity index (χ3v) is 4.82. The fourth-order valence-corrected chi connectivity index (χ4v) is 3.86. The molecule has 90 valence electrons. The Morgan fingerprint density at radius 3 is 2.82 bits per heavy atom. The van der Waals surface area contributed by atoms with Crippen LogP contribution in [-0.2, 0) is 0 Å². The zero-order valence-electron chi connectivity index (χ0n) is 10.0. The molecular weight excluding hydrogens is 228 g/mol. The summed E-state index contributed by atoms with van der Waals surface area (Å²) in [5.41, 5.74) is 7.35. The molecule has 1 aliphatic carbocycles. The number of nitrogens with one attached hydrogen (secondary N) is 1. The number of fused-ring (bicyclic) bond motifs is 1. The summed E-state index contributed by atoms with van der Waals surface area (Å²) in [5.74, 6) is 0.702. The van der Waals surface area contributed by atoms with Crippen molar-refractivity contribution in [3.63, 3.8) is 0 Å². The van der Waals surface area contributed by atoms with Gasteiger partial charge in [-0.25, -0.2) is 0 Å².